The number of benzene rings is 1. The molecule has 2 aliphatic rings. The van der Waals surface area contributed by atoms with Crippen LogP contribution in [0, 0.1) is 0 Å². The third-order valence-corrected chi connectivity index (χ3v) is 7.72. The van der Waals surface area contributed by atoms with Crippen LogP contribution in [-0.2, 0) is 23.0 Å². The smallest absolute Gasteiger partial charge is 0.272 e. The van der Waals surface area contributed by atoms with Gasteiger partial charge in [-0.1, -0.05) is 12.1 Å². The lowest BCUT2D eigenvalue weighted by Crippen LogP contribution is -2.37. The molecule has 1 amide bonds. The molecule has 8 heteroatoms. The van der Waals surface area contributed by atoms with E-state index in [1.165, 1.54) is 0 Å². The molecule has 29 heavy (non-hydrogen) atoms. The normalized spacial score (nSPS) is 20.1. The molecule has 1 aromatic carbocycles. The van der Waals surface area contributed by atoms with Crippen LogP contribution >= 0.6 is 0 Å². The van der Waals surface area contributed by atoms with E-state index in [1.807, 2.05) is 20.2 Å². The van der Waals surface area contributed by atoms with Gasteiger partial charge in [-0.25, -0.2) is 8.42 Å². The molecule has 7 nitrogen and oxygen atoms in total. The molecule has 1 saturated heterocycles. The minimum Gasteiger partial charge on any atom is -0.333 e. The van der Waals surface area contributed by atoms with Crippen LogP contribution in [0.15, 0.2) is 47.5 Å². The Bertz CT molecular complexity index is 1010. The van der Waals surface area contributed by atoms with Crippen LogP contribution in [0.5, 0.6) is 0 Å². The number of carbonyl (C=O) groups excluding carboxylic acids is 1. The van der Waals surface area contributed by atoms with Gasteiger partial charge in [-0.05, 0) is 62.3 Å². The maximum absolute atomic E-state index is 13.1. The summed E-state index contributed by atoms with van der Waals surface area (Å²) in [4.78, 5) is 21.0. The second kappa shape index (κ2) is 7.85. The summed E-state index contributed by atoms with van der Waals surface area (Å²) in [7, 11) is 0.420. The van der Waals surface area contributed by atoms with Gasteiger partial charge in [-0.15, -0.1) is 0 Å². The van der Waals surface area contributed by atoms with Crippen molar-refractivity contribution >= 4 is 15.9 Å². The Hall–Kier alpha value is -2.29. The van der Waals surface area contributed by atoms with E-state index in [0.29, 0.717) is 43.2 Å². The van der Waals surface area contributed by atoms with Crippen molar-refractivity contribution in [2.24, 2.45) is 0 Å². The van der Waals surface area contributed by atoms with Gasteiger partial charge in [0.05, 0.1) is 4.90 Å². The summed E-state index contributed by atoms with van der Waals surface area (Å²) in [5.74, 6) is -0.127. The van der Waals surface area contributed by atoms with Crippen LogP contribution < -0.4 is 0 Å². The number of hydrogen-bond donors (Lipinski definition) is 0. The average Bonchev–Trinajstić information content (AvgIpc) is 3.24. The summed E-state index contributed by atoms with van der Waals surface area (Å²) in [5.41, 5.74) is 2.40. The Morgan fingerprint density at radius 1 is 1.14 bits per heavy atom. The van der Waals surface area contributed by atoms with E-state index >= 15 is 0 Å². The molecular weight excluding hydrogens is 388 g/mol. The minimum atomic E-state index is -3.54. The monoisotopic (exact) mass is 414 g/mol. The fraction of sp³-hybridized carbons (Fsp3) is 0.429. The van der Waals surface area contributed by atoms with Gasteiger partial charge in [0.25, 0.3) is 5.91 Å². The molecule has 0 aliphatic carbocycles. The lowest BCUT2D eigenvalue weighted by Gasteiger charge is -2.29. The van der Waals surface area contributed by atoms with Crippen molar-refractivity contribution in [3.8, 4) is 0 Å². The third kappa shape index (κ3) is 3.92. The van der Waals surface area contributed by atoms with E-state index in [1.54, 1.807) is 45.7 Å². The number of hydrogen-bond acceptors (Lipinski definition) is 5. The Labute approximate surface area is 172 Å². The van der Waals surface area contributed by atoms with Crippen molar-refractivity contribution in [1.29, 1.82) is 0 Å². The zero-order valence-corrected chi connectivity index (χ0v) is 17.6. The number of carbonyl (C=O) groups is 1. The summed E-state index contributed by atoms with van der Waals surface area (Å²) in [6.45, 7) is 2.04. The Morgan fingerprint density at radius 2 is 1.97 bits per heavy atom. The van der Waals surface area contributed by atoms with Gasteiger partial charge in [-0.2, -0.15) is 4.31 Å². The number of sulfonamides is 1. The highest BCUT2D eigenvalue weighted by molar-refractivity contribution is 7.89. The summed E-state index contributed by atoms with van der Waals surface area (Å²) < 4.78 is 27.9. The molecule has 1 fully saturated rings. The van der Waals surface area contributed by atoms with Crippen molar-refractivity contribution in [2.75, 3.05) is 33.7 Å². The summed E-state index contributed by atoms with van der Waals surface area (Å²) in [6.07, 6.45) is 3.15. The predicted octanol–water partition coefficient (Wildman–Crippen LogP) is 1.60. The van der Waals surface area contributed by atoms with E-state index in [0.717, 1.165) is 17.5 Å². The summed E-state index contributed by atoms with van der Waals surface area (Å²) in [5, 5.41) is 0. The van der Waals surface area contributed by atoms with Gasteiger partial charge >= 0.3 is 0 Å². The van der Waals surface area contributed by atoms with Gasteiger partial charge in [0.15, 0.2) is 0 Å². The van der Waals surface area contributed by atoms with Crippen LogP contribution in [0.25, 0.3) is 0 Å². The maximum Gasteiger partial charge on any atom is 0.272 e. The standard InChI is InChI=1S/C21H26N4O3S/c1-23(2)18-9-12-25(15-18)29(27,28)19-7-6-16-8-11-24(14-17(16)13-19)21(26)20-5-3-4-10-22-20/h3-7,10,13,18H,8-9,11-12,14-15H2,1-2H3/t18-/m1/s1. The number of nitrogens with zero attached hydrogens (tertiary/aromatic N) is 4. The highest BCUT2D eigenvalue weighted by atomic mass is 32.2. The molecule has 154 valence electrons. The molecule has 1 aromatic heterocycles. The number of rotatable bonds is 4. The lowest BCUT2D eigenvalue weighted by molar-refractivity contribution is 0.0728. The molecule has 2 aromatic rings. The SMILES string of the molecule is CN(C)[C@@H]1CCN(S(=O)(=O)c2ccc3c(c2)CN(C(=O)c2ccccn2)CC3)C1. The van der Waals surface area contributed by atoms with Crippen molar-refractivity contribution < 1.29 is 13.2 Å². The number of aromatic nitrogens is 1. The first-order valence-corrected chi connectivity index (χ1v) is 11.3. The number of fused-ring (bicyclic) bond motifs is 1. The molecule has 0 unspecified atom stereocenters. The van der Waals surface area contributed by atoms with Crippen LogP contribution in [0.4, 0.5) is 0 Å². The quantitative estimate of drug-likeness (QED) is 0.760. The van der Waals surface area contributed by atoms with Crippen LogP contribution in [0.3, 0.4) is 0 Å². The highest BCUT2D eigenvalue weighted by Gasteiger charge is 2.34. The maximum atomic E-state index is 13.1. The Balaban J connectivity index is 1.55. The molecule has 0 spiro atoms. The van der Waals surface area contributed by atoms with E-state index in [-0.39, 0.29) is 11.9 Å². The number of likely N-dealkylation sites (N-methyl/N-ethyl adjacent to an activating group) is 1. The van der Waals surface area contributed by atoms with Crippen molar-refractivity contribution in [1.82, 2.24) is 19.1 Å². The molecule has 0 saturated carbocycles. The second-order valence-corrected chi connectivity index (χ2v) is 9.83. The first-order chi connectivity index (χ1) is 13.9. The Morgan fingerprint density at radius 3 is 2.66 bits per heavy atom. The lowest BCUT2D eigenvalue weighted by atomic mass is 9.99. The van der Waals surface area contributed by atoms with E-state index < -0.39 is 10.0 Å². The topological polar surface area (TPSA) is 73.8 Å². The first-order valence-electron chi connectivity index (χ1n) is 9.85. The molecule has 0 bridgehead atoms. The number of pyridine rings is 1. The fourth-order valence-electron chi connectivity index (χ4n) is 4.02. The molecule has 2 aliphatic heterocycles. The second-order valence-electron chi connectivity index (χ2n) is 7.89. The van der Waals surface area contributed by atoms with Gasteiger partial charge in [0.2, 0.25) is 10.0 Å². The molecule has 0 radical (unpaired) electrons. The van der Waals surface area contributed by atoms with Crippen molar-refractivity contribution in [3.05, 3.63) is 59.4 Å². The van der Waals surface area contributed by atoms with E-state index in [2.05, 4.69) is 9.88 Å². The van der Waals surface area contributed by atoms with E-state index in [4.69, 9.17) is 0 Å². The van der Waals surface area contributed by atoms with Crippen molar-refractivity contribution in [3.63, 3.8) is 0 Å². The minimum absolute atomic E-state index is 0.127. The van der Waals surface area contributed by atoms with Gasteiger partial charge in [-0.3, -0.25) is 9.78 Å². The van der Waals surface area contributed by atoms with Gasteiger partial charge < -0.3 is 9.80 Å². The zero-order valence-electron chi connectivity index (χ0n) is 16.8. The van der Waals surface area contributed by atoms with Gasteiger partial charge in [0.1, 0.15) is 5.69 Å². The molecule has 0 N–H and O–H groups in total. The van der Waals surface area contributed by atoms with Crippen molar-refractivity contribution in [2.45, 2.75) is 30.3 Å². The molecule has 4 rings (SSSR count). The highest BCUT2D eigenvalue weighted by Crippen LogP contribution is 2.27. The van der Waals surface area contributed by atoms with Gasteiger partial charge in [0, 0.05) is 38.4 Å². The third-order valence-electron chi connectivity index (χ3n) is 5.86. The molecular formula is C21H26N4O3S. The average molecular weight is 415 g/mol. The largest absolute Gasteiger partial charge is 0.333 e. The van der Waals surface area contributed by atoms with E-state index in [9.17, 15) is 13.2 Å². The molecule has 1 atom stereocenters. The fourth-order valence-corrected chi connectivity index (χ4v) is 5.56. The van der Waals surface area contributed by atoms with Crippen LogP contribution in [0.1, 0.15) is 28.0 Å². The first kappa shape index (κ1) is 20.0. The van der Waals surface area contributed by atoms with Crippen LogP contribution in [0.2, 0.25) is 0 Å². The molecule has 3 heterocycles. The summed E-state index contributed by atoms with van der Waals surface area (Å²) >= 11 is 0. The predicted molar refractivity (Wildman–Crippen MR) is 110 cm³/mol. The number of amides is 1. The van der Waals surface area contributed by atoms with Crippen LogP contribution in [-0.4, -0.2) is 73.2 Å². The Kier molecular flexibility index (Phi) is 5.42. The zero-order chi connectivity index (χ0) is 20.6. The summed E-state index contributed by atoms with van der Waals surface area (Å²) in [6, 6.07) is 10.9.